The van der Waals surface area contributed by atoms with Gasteiger partial charge in [-0.1, -0.05) is 18.6 Å². The second-order valence-corrected chi connectivity index (χ2v) is 8.26. The monoisotopic (exact) mass is 456 g/mol. The average Bonchev–Trinajstić information content (AvgIpc) is 2.88. The number of carbonyl (C=O) groups is 1. The molecule has 2 aliphatic rings. The minimum atomic E-state index is -5.25. The van der Waals surface area contributed by atoms with Crippen LogP contribution in [0.3, 0.4) is 0 Å². The Labute approximate surface area is 181 Å². The lowest BCUT2D eigenvalue weighted by molar-refractivity contribution is -0.169. The SMILES string of the molecule is O=C(N(c1cccc(C(F)(F)F)c1)c1ccc2c(c1)CCN(C1CCC1)CC2)C(F)(F)F. The summed E-state index contributed by atoms with van der Waals surface area (Å²) >= 11 is 0. The number of benzene rings is 2. The topological polar surface area (TPSA) is 23.6 Å². The summed E-state index contributed by atoms with van der Waals surface area (Å²) in [5.41, 5.74) is 0.102. The smallest absolute Gasteiger partial charge is 0.300 e. The molecule has 0 saturated heterocycles. The van der Waals surface area contributed by atoms with Gasteiger partial charge in [0.15, 0.2) is 0 Å². The van der Waals surface area contributed by atoms with Gasteiger partial charge in [-0.2, -0.15) is 26.3 Å². The van der Waals surface area contributed by atoms with Crippen molar-refractivity contribution < 1.29 is 31.1 Å². The summed E-state index contributed by atoms with van der Waals surface area (Å²) in [4.78, 5) is 15.0. The highest BCUT2D eigenvalue weighted by Gasteiger charge is 2.44. The molecule has 32 heavy (non-hydrogen) atoms. The van der Waals surface area contributed by atoms with E-state index in [4.69, 9.17) is 0 Å². The van der Waals surface area contributed by atoms with E-state index < -0.39 is 29.5 Å². The van der Waals surface area contributed by atoms with Crippen molar-refractivity contribution >= 4 is 17.3 Å². The maximum absolute atomic E-state index is 13.4. The van der Waals surface area contributed by atoms with Crippen LogP contribution in [0.5, 0.6) is 0 Å². The Morgan fingerprint density at radius 3 is 2.12 bits per heavy atom. The standard InChI is InChI=1S/C23H22F6N2O/c24-22(25,26)17-3-1-6-19(14-17)31(21(32)23(27,28)29)20-8-7-15-9-11-30(18-4-2-5-18)12-10-16(15)13-20/h1,3,6-8,13-14,18H,2,4-5,9-12H2. The summed E-state index contributed by atoms with van der Waals surface area (Å²) in [5.74, 6) is -2.23. The molecule has 3 nitrogen and oxygen atoms in total. The lowest BCUT2D eigenvalue weighted by atomic mass is 9.91. The molecule has 0 bridgehead atoms. The van der Waals surface area contributed by atoms with Crippen LogP contribution in [-0.2, 0) is 23.8 Å². The fourth-order valence-electron chi connectivity index (χ4n) is 4.32. The molecule has 0 spiro atoms. The first-order chi connectivity index (χ1) is 15.0. The van der Waals surface area contributed by atoms with Gasteiger partial charge in [0, 0.05) is 30.5 Å². The zero-order chi connectivity index (χ0) is 23.1. The average molecular weight is 456 g/mol. The number of halogens is 6. The molecule has 0 unspecified atom stereocenters. The summed E-state index contributed by atoms with van der Waals surface area (Å²) in [6.07, 6.45) is -5.16. The van der Waals surface area contributed by atoms with Gasteiger partial charge in [0.2, 0.25) is 0 Å². The van der Waals surface area contributed by atoms with Crippen LogP contribution < -0.4 is 4.90 Å². The Bertz CT molecular complexity index is 997. The summed E-state index contributed by atoms with van der Waals surface area (Å²) in [6.45, 7) is 1.62. The van der Waals surface area contributed by atoms with Gasteiger partial charge in [0.1, 0.15) is 0 Å². The second kappa shape index (κ2) is 8.42. The molecule has 0 atom stereocenters. The number of nitrogens with zero attached hydrogens (tertiary/aromatic N) is 2. The minimum absolute atomic E-state index is 0.0949. The third-order valence-electron chi connectivity index (χ3n) is 6.25. The fourth-order valence-corrected chi connectivity index (χ4v) is 4.32. The van der Waals surface area contributed by atoms with Gasteiger partial charge < -0.3 is 0 Å². The Kier molecular flexibility index (Phi) is 5.96. The first kappa shape index (κ1) is 22.6. The van der Waals surface area contributed by atoms with Crippen LogP contribution in [0.15, 0.2) is 42.5 Å². The van der Waals surface area contributed by atoms with Gasteiger partial charge >= 0.3 is 18.3 Å². The quantitative estimate of drug-likeness (QED) is 0.538. The number of amides is 1. The van der Waals surface area contributed by atoms with Crippen LogP contribution in [0.25, 0.3) is 0 Å². The molecule has 1 heterocycles. The molecule has 2 aromatic rings. The van der Waals surface area contributed by atoms with Gasteiger partial charge in [-0.3, -0.25) is 14.6 Å². The zero-order valence-corrected chi connectivity index (χ0v) is 17.1. The van der Waals surface area contributed by atoms with E-state index >= 15 is 0 Å². The fraction of sp³-hybridized carbons (Fsp3) is 0.435. The van der Waals surface area contributed by atoms with Crippen molar-refractivity contribution in [1.82, 2.24) is 4.90 Å². The van der Waals surface area contributed by atoms with Crippen molar-refractivity contribution in [2.75, 3.05) is 18.0 Å². The van der Waals surface area contributed by atoms with Crippen molar-refractivity contribution in [3.63, 3.8) is 0 Å². The summed E-state index contributed by atoms with van der Waals surface area (Å²) in [6, 6.07) is 8.49. The van der Waals surface area contributed by atoms with Gasteiger partial charge in [0.25, 0.3) is 0 Å². The summed E-state index contributed by atoms with van der Waals surface area (Å²) < 4.78 is 79.6. The van der Waals surface area contributed by atoms with Crippen molar-refractivity contribution in [3.05, 3.63) is 59.2 Å². The summed E-state index contributed by atoms with van der Waals surface area (Å²) in [7, 11) is 0. The zero-order valence-electron chi connectivity index (χ0n) is 17.1. The first-order valence-electron chi connectivity index (χ1n) is 10.5. The molecule has 4 rings (SSSR count). The molecule has 1 amide bonds. The molecule has 9 heteroatoms. The molecule has 0 aromatic heterocycles. The number of carbonyl (C=O) groups excluding carboxylic acids is 1. The summed E-state index contributed by atoms with van der Waals surface area (Å²) in [5, 5.41) is 0. The largest absolute Gasteiger partial charge is 0.472 e. The number of hydrogen-bond acceptors (Lipinski definition) is 2. The van der Waals surface area contributed by atoms with E-state index in [1.165, 1.54) is 18.6 Å². The van der Waals surface area contributed by atoms with Crippen LogP contribution in [-0.4, -0.2) is 36.1 Å². The molecule has 1 fully saturated rings. The molecule has 1 aliphatic heterocycles. The van der Waals surface area contributed by atoms with Gasteiger partial charge in [0.05, 0.1) is 5.56 Å². The molecule has 1 saturated carbocycles. The third-order valence-corrected chi connectivity index (χ3v) is 6.25. The lowest BCUT2D eigenvalue weighted by Gasteiger charge is -2.36. The normalized spacial score (nSPS) is 17.9. The maximum atomic E-state index is 13.4. The van der Waals surface area contributed by atoms with Gasteiger partial charge in [-0.25, -0.2) is 0 Å². The van der Waals surface area contributed by atoms with E-state index in [1.807, 2.05) is 0 Å². The molecule has 0 N–H and O–H groups in total. The predicted octanol–water partition coefficient (Wildman–Crippen LogP) is 5.89. The van der Waals surface area contributed by atoms with Crippen molar-refractivity contribution in [2.45, 2.75) is 50.5 Å². The van der Waals surface area contributed by atoms with Gasteiger partial charge in [-0.15, -0.1) is 0 Å². The van der Waals surface area contributed by atoms with E-state index in [9.17, 15) is 31.1 Å². The highest BCUT2D eigenvalue weighted by atomic mass is 19.4. The second-order valence-electron chi connectivity index (χ2n) is 8.26. The highest BCUT2D eigenvalue weighted by Crippen LogP contribution is 2.37. The predicted molar refractivity (Wildman–Crippen MR) is 108 cm³/mol. The van der Waals surface area contributed by atoms with Crippen molar-refractivity contribution in [3.8, 4) is 0 Å². The first-order valence-corrected chi connectivity index (χ1v) is 10.5. The Morgan fingerprint density at radius 1 is 0.875 bits per heavy atom. The number of hydrogen-bond donors (Lipinski definition) is 0. The van der Waals surface area contributed by atoms with Crippen LogP contribution in [0.4, 0.5) is 37.7 Å². The molecule has 1 aliphatic carbocycles. The number of anilines is 2. The molecular weight excluding hydrogens is 434 g/mol. The molecular formula is C23H22F6N2O. The van der Waals surface area contributed by atoms with E-state index in [-0.39, 0.29) is 5.69 Å². The molecule has 0 radical (unpaired) electrons. The van der Waals surface area contributed by atoms with Crippen molar-refractivity contribution in [1.29, 1.82) is 0 Å². The van der Waals surface area contributed by atoms with Crippen LogP contribution in [0.1, 0.15) is 36.0 Å². The Balaban J connectivity index is 1.70. The number of alkyl halides is 6. The van der Waals surface area contributed by atoms with E-state index in [2.05, 4.69) is 4.90 Å². The lowest BCUT2D eigenvalue weighted by Crippen LogP contribution is -2.41. The van der Waals surface area contributed by atoms with E-state index in [1.54, 1.807) is 6.07 Å². The van der Waals surface area contributed by atoms with E-state index in [0.717, 1.165) is 61.7 Å². The van der Waals surface area contributed by atoms with Crippen LogP contribution >= 0.6 is 0 Å². The highest BCUT2D eigenvalue weighted by molar-refractivity contribution is 6.03. The number of rotatable bonds is 3. The maximum Gasteiger partial charge on any atom is 0.472 e. The minimum Gasteiger partial charge on any atom is -0.300 e. The third kappa shape index (κ3) is 4.62. The Hall–Kier alpha value is -2.55. The Morgan fingerprint density at radius 2 is 1.53 bits per heavy atom. The van der Waals surface area contributed by atoms with Crippen molar-refractivity contribution in [2.24, 2.45) is 0 Å². The van der Waals surface area contributed by atoms with Gasteiger partial charge in [-0.05, 0) is 67.1 Å². The van der Waals surface area contributed by atoms with E-state index in [0.29, 0.717) is 23.4 Å². The molecule has 2 aromatic carbocycles. The van der Waals surface area contributed by atoms with Crippen LogP contribution in [0, 0.1) is 0 Å². The number of fused-ring (bicyclic) bond motifs is 1. The molecule has 172 valence electrons. The van der Waals surface area contributed by atoms with Crippen LogP contribution in [0.2, 0.25) is 0 Å².